The Bertz CT molecular complexity index is 378. The maximum atomic E-state index is 10.2. The summed E-state index contributed by atoms with van der Waals surface area (Å²) >= 11 is 0. The second kappa shape index (κ2) is 9.61. The van der Waals surface area contributed by atoms with Gasteiger partial charge in [0.15, 0.2) is 0 Å². The summed E-state index contributed by atoms with van der Waals surface area (Å²) in [5, 5.41) is 12.3. The summed E-state index contributed by atoms with van der Waals surface area (Å²) in [4.78, 5) is 28.0. The lowest BCUT2D eigenvalue weighted by Gasteiger charge is -1.95. The highest BCUT2D eigenvalue weighted by Crippen LogP contribution is 2.02. The van der Waals surface area contributed by atoms with Crippen LogP contribution in [-0.2, 0) is 24.4 Å². The average Bonchev–Trinajstić information content (AvgIpc) is 2.39. The Morgan fingerprint density at radius 3 is 1.72 bits per heavy atom. The first kappa shape index (κ1) is 15.4. The van der Waals surface area contributed by atoms with E-state index in [1.165, 1.54) is 0 Å². The summed E-state index contributed by atoms with van der Waals surface area (Å²) < 4.78 is 0. The van der Waals surface area contributed by atoms with Crippen LogP contribution in [0.25, 0.3) is 0 Å². The molecule has 0 aliphatic carbocycles. The first-order chi connectivity index (χ1) is 8.60. The molecule has 0 unspecified atom stereocenters. The van der Waals surface area contributed by atoms with Crippen molar-refractivity contribution in [2.45, 2.75) is 0 Å². The molecular formula is C12H12O6. The van der Waals surface area contributed by atoms with E-state index in [0.29, 0.717) is 5.75 Å². The van der Waals surface area contributed by atoms with E-state index in [9.17, 15) is 9.59 Å². The highest BCUT2D eigenvalue weighted by atomic mass is 17.5. The smallest absolute Gasteiger partial charge is 0.369 e. The van der Waals surface area contributed by atoms with E-state index >= 15 is 0 Å². The molecule has 1 aromatic carbocycles. The van der Waals surface area contributed by atoms with Crippen LogP contribution < -0.4 is 0 Å². The maximum Gasteiger partial charge on any atom is 0.369 e. The molecule has 96 valence electrons. The summed E-state index contributed by atoms with van der Waals surface area (Å²) in [5.74, 6) is -1.40. The molecule has 0 spiro atoms. The summed E-state index contributed by atoms with van der Waals surface area (Å²) in [6, 6.07) is 8.71. The van der Waals surface area contributed by atoms with Gasteiger partial charge in [-0.15, -0.1) is 0 Å². The molecule has 6 nitrogen and oxygen atoms in total. The number of rotatable bonds is 4. The SMILES string of the molecule is C=CC(=O)OOOC(=O)C=C.Oc1ccccc1. The third-order valence-electron chi connectivity index (χ3n) is 1.32. The third kappa shape index (κ3) is 8.69. The van der Waals surface area contributed by atoms with Gasteiger partial charge >= 0.3 is 11.9 Å². The first-order valence-corrected chi connectivity index (χ1v) is 4.68. The van der Waals surface area contributed by atoms with Crippen molar-refractivity contribution < 1.29 is 29.5 Å². The lowest BCUT2D eigenvalue weighted by Crippen LogP contribution is -2.06. The fourth-order valence-electron chi connectivity index (χ4n) is 0.580. The van der Waals surface area contributed by atoms with Crippen molar-refractivity contribution >= 4 is 11.9 Å². The summed E-state index contributed by atoms with van der Waals surface area (Å²) in [6.45, 7) is 6.13. The maximum absolute atomic E-state index is 10.2. The third-order valence-corrected chi connectivity index (χ3v) is 1.32. The molecule has 1 N–H and O–H groups in total. The minimum Gasteiger partial charge on any atom is -0.508 e. The van der Waals surface area contributed by atoms with Crippen LogP contribution in [0.4, 0.5) is 0 Å². The van der Waals surface area contributed by atoms with Crippen LogP contribution in [0.5, 0.6) is 5.75 Å². The minimum atomic E-state index is -0.859. The normalized spacial score (nSPS) is 8.22. The van der Waals surface area contributed by atoms with Crippen molar-refractivity contribution in [1.29, 1.82) is 0 Å². The van der Waals surface area contributed by atoms with Gasteiger partial charge in [0.25, 0.3) is 0 Å². The highest BCUT2D eigenvalue weighted by Gasteiger charge is 2.00. The van der Waals surface area contributed by atoms with Crippen molar-refractivity contribution in [2.24, 2.45) is 0 Å². The number of benzene rings is 1. The lowest BCUT2D eigenvalue weighted by molar-refractivity contribution is -0.455. The zero-order valence-electron chi connectivity index (χ0n) is 9.44. The molecule has 18 heavy (non-hydrogen) atoms. The minimum absolute atomic E-state index is 0.322. The number of para-hydroxylation sites is 1. The number of phenolic OH excluding ortho intramolecular Hbond substituents is 1. The molecule has 0 saturated heterocycles. The molecule has 0 bridgehead atoms. The molecular weight excluding hydrogens is 240 g/mol. The molecule has 0 heterocycles. The van der Waals surface area contributed by atoms with E-state index in [0.717, 1.165) is 12.2 Å². The van der Waals surface area contributed by atoms with Gasteiger partial charge in [-0.05, 0) is 12.1 Å². The molecule has 0 aliphatic rings. The largest absolute Gasteiger partial charge is 0.508 e. The van der Waals surface area contributed by atoms with Crippen molar-refractivity contribution in [3.8, 4) is 5.75 Å². The lowest BCUT2D eigenvalue weighted by atomic mass is 10.3. The van der Waals surface area contributed by atoms with Crippen LogP contribution in [0.2, 0.25) is 0 Å². The van der Waals surface area contributed by atoms with Crippen LogP contribution in [0.3, 0.4) is 0 Å². The van der Waals surface area contributed by atoms with Gasteiger partial charge in [0.2, 0.25) is 0 Å². The standard InChI is InChI=1S/C6H6O5.C6H6O/c1-3-5(7)9-11-10-6(8)4-2;7-6-4-2-1-3-5-6/h3-4H,1-2H2;1-5,7H. The van der Waals surface area contributed by atoms with E-state index in [1.807, 2.05) is 6.07 Å². The average molecular weight is 252 g/mol. The van der Waals surface area contributed by atoms with Crippen molar-refractivity contribution in [2.75, 3.05) is 0 Å². The van der Waals surface area contributed by atoms with Gasteiger partial charge < -0.3 is 5.11 Å². The van der Waals surface area contributed by atoms with Crippen molar-refractivity contribution in [1.82, 2.24) is 0 Å². The monoisotopic (exact) mass is 252 g/mol. The van der Waals surface area contributed by atoms with Crippen molar-refractivity contribution in [3.63, 3.8) is 0 Å². The fraction of sp³-hybridized carbons (Fsp3) is 0. The van der Waals surface area contributed by atoms with Crippen LogP contribution in [-0.4, -0.2) is 17.0 Å². The Balaban J connectivity index is 0.000000351. The van der Waals surface area contributed by atoms with Gasteiger partial charge in [0, 0.05) is 17.2 Å². The second-order valence-electron chi connectivity index (χ2n) is 2.62. The van der Waals surface area contributed by atoms with Gasteiger partial charge in [0.1, 0.15) is 5.75 Å². The molecule has 0 amide bonds. The number of hydrogen-bond acceptors (Lipinski definition) is 6. The molecule has 0 aromatic heterocycles. The molecule has 0 fully saturated rings. The van der Waals surface area contributed by atoms with Gasteiger partial charge in [-0.1, -0.05) is 31.4 Å². The number of carbonyl (C=O) groups excluding carboxylic acids is 2. The Labute approximate surface area is 104 Å². The first-order valence-electron chi connectivity index (χ1n) is 4.68. The van der Waals surface area contributed by atoms with Crippen LogP contribution in [0.15, 0.2) is 55.6 Å². The predicted molar refractivity (Wildman–Crippen MR) is 61.8 cm³/mol. The van der Waals surface area contributed by atoms with Gasteiger partial charge in [-0.2, -0.15) is 0 Å². The zero-order chi connectivity index (χ0) is 13.8. The van der Waals surface area contributed by atoms with E-state index in [2.05, 4.69) is 28.0 Å². The quantitative estimate of drug-likeness (QED) is 0.498. The van der Waals surface area contributed by atoms with Gasteiger partial charge in [0.05, 0.1) is 0 Å². The summed E-state index contributed by atoms with van der Waals surface area (Å²) in [6.07, 6.45) is 1.70. The van der Waals surface area contributed by atoms with E-state index in [1.54, 1.807) is 24.3 Å². The van der Waals surface area contributed by atoms with Crippen molar-refractivity contribution in [3.05, 3.63) is 55.6 Å². The van der Waals surface area contributed by atoms with Crippen LogP contribution in [0, 0.1) is 0 Å². The molecule has 6 heteroatoms. The van der Waals surface area contributed by atoms with Gasteiger partial charge in [-0.3, -0.25) is 9.78 Å². The topological polar surface area (TPSA) is 82.1 Å². The number of phenols is 1. The van der Waals surface area contributed by atoms with Crippen LogP contribution >= 0.6 is 0 Å². The van der Waals surface area contributed by atoms with Gasteiger partial charge in [-0.25, -0.2) is 9.59 Å². The van der Waals surface area contributed by atoms with Crippen LogP contribution in [0.1, 0.15) is 0 Å². The number of carbonyl (C=O) groups is 2. The highest BCUT2D eigenvalue weighted by molar-refractivity contribution is 5.81. The molecule has 1 rings (SSSR count). The Morgan fingerprint density at radius 1 is 1.00 bits per heavy atom. The molecule has 0 atom stereocenters. The Morgan fingerprint density at radius 2 is 1.44 bits per heavy atom. The zero-order valence-corrected chi connectivity index (χ0v) is 9.44. The Hall–Kier alpha value is -2.60. The fourth-order valence-corrected chi connectivity index (χ4v) is 0.580. The predicted octanol–water partition coefficient (Wildman–Crippen LogP) is 1.68. The number of hydrogen-bond donors (Lipinski definition) is 1. The second-order valence-corrected chi connectivity index (χ2v) is 2.62. The molecule has 1 aromatic rings. The molecule has 0 aliphatic heterocycles. The van der Waals surface area contributed by atoms with E-state index < -0.39 is 11.9 Å². The molecule has 0 radical (unpaired) electrons. The molecule has 0 saturated carbocycles. The summed E-state index contributed by atoms with van der Waals surface area (Å²) in [7, 11) is 0. The number of aromatic hydroxyl groups is 1. The van der Waals surface area contributed by atoms with E-state index in [4.69, 9.17) is 5.11 Å². The Kier molecular flexibility index (Phi) is 8.22. The van der Waals surface area contributed by atoms with E-state index in [-0.39, 0.29) is 0 Å². The summed E-state index contributed by atoms with van der Waals surface area (Å²) in [5.41, 5.74) is 0.